The van der Waals surface area contributed by atoms with Gasteiger partial charge in [0.2, 0.25) is 0 Å². The zero-order valence-electron chi connectivity index (χ0n) is 14.0. The Morgan fingerprint density at radius 1 is 1.00 bits per heavy atom. The Balaban J connectivity index is 2.17. The molecule has 0 spiro atoms. The molecular weight excluding hydrogens is 282 g/mol. The summed E-state index contributed by atoms with van der Waals surface area (Å²) in [5.41, 5.74) is 10.7. The molecule has 2 aromatic rings. The number of fused-ring (bicyclic) bond motifs is 1. The van der Waals surface area contributed by atoms with Gasteiger partial charge in [0, 0.05) is 5.56 Å². The minimum Gasteiger partial charge on any atom is -0.386 e. The third kappa shape index (κ3) is 2.56. The molecule has 0 amide bonds. The summed E-state index contributed by atoms with van der Waals surface area (Å²) in [4.78, 5) is 9.42. The van der Waals surface area contributed by atoms with E-state index in [4.69, 9.17) is 10.7 Å². The number of aliphatic imine (C=N–C) groups is 2. The molecule has 1 heterocycles. The predicted molar refractivity (Wildman–Crippen MR) is 97.7 cm³/mol. The first-order chi connectivity index (χ1) is 11.1. The fourth-order valence-electron chi connectivity index (χ4n) is 3.33. The molecule has 3 heteroatoms. The van der Waals surface area contributed by atoms with Crippen molar-refractivity contribution in [2.45, 2.75) is 39.0 Å². The van der Waals surface area contributed by atoms with Crippen LogP contribution in [-0.2, 0) is 5.41 Å². The smallest absolute Gasteiger partial charge is 0.162 e. The highest BCUT2D eigenvalue weighted by molar-refractivity contribution is 6.14. The van der Waals surface area contributed by atoms with Crippen LogP contribution in [0.4, 0.5) is 5.69 Å². The maximum absolute atomic E-state index is 6.39. The van der Waals surface area contributed by atoms with Crippen molar-refractivity contribution >= 4 is 17.4 Å². The van der Waals surface area contributed by atoms with Crippen LogP contribution in [0, 0.1) is 6.92 Å². The van der Waals surface area contributed by atoms with E-state index < -0.39 is 0 Å². The summed E-state index contributed by atoms with van der Waals surface area (Å²) in [7, 11) is 0. The van der Waals surface area contributed by atoms with Crippen molar-refractivity contribution in [1.82, 2.24) is 0 Å². The van der Waals surface area contributed by atoms with Crippen LogP contribution in [0.15, 0.2) is 58.5 Å². The fourth-order valence-corrected chi connectivity index (χ4v) is 3.33. The Kier molecular flexibility index (Phi) is 4.03. The second-order valence-corrected chi connectivity index (χ2v) is 6.10. The van der Waals surface area contributed by atoms with Crippen LogP contribution in [0.5, 0.6) is 0 Å². The normalized spacial score (nSPS) is 17.7. The number of benzene rings is 2. The van der Waals surface area contributed by atoms with Gasteiger partial charge >= 0.3 is 0 Å². The summed E-state index contributed by atoms with van der Waals surface area (Å²) in [5, 5.41) is 0. The monoisotopic (exact) mass is 305 g/mol. The number of nitrogens with two attached hydrogens (primary N) is 1. The van der Waals surface area contributed by atoms with Gasteiger partial charge in [0.15, 0.2) is 5.84 Å². The number of hydrogen-bond donors (Lipinski definition) is 1. The van der Waals surface area contributed by atoms with Crippen LogP contribution < -0.4 is 5.73 Å². The number of amidine groups is 2. The van der Waals surface area contributed by atoms with Gasteiger partial charge in [-0.05, 0) is 37.5 Å². The molecule has 0 aromatic heterocycles. The Bertz CT molecular complexity index is 766. The summed E-state index contributed by atoms with van der Waals surface area (Å²) >= 11 is 0. The lowest BCUT2D eigenvalue weighted by molar-refractivity contribution is 0.526. The lowest BCUT2D eigenvalue weighted by Crippen LogP contribution is -2.44. The van der Waals surface area contributed by atoms with E-state index in [0.717, 1.165) is 24.1 Å². The van der Waals surface area contributed by atoms with E-state index in [1.54, 1.807) is 0 Å². The minimum absolute atomic E-state index is 0.178. The maximum Gasteiger partial charge on any atom is 0.162 e. The first kappa shape index (κ1) is 15.5. The summed E-state index contributed by atoms with van der Waals surface area (Å²) in [6.45, 7) is 6.41. The van der Waals surface area contributed by atoms with E-state index in [9.17, 15) is 0 Å². The largest absolute Gasteiger partial charge is 0.386 e. The van der Waals surface area contributed by atoms with Gasteiger partial charge in [-0.3, -0.25) is 0 Å². The van der Waals surface area contributed by atoms with Crippen LogP contribution in [-0.4, -0.2) is 11.7 Å². The maximum atomic E-state index is 6.39. The molecule has 1 aliphatic heterocycles. The highest BCUT2D eigenvalue weighted by atomic mass is 15.0. The van der Waals surface area contributed by atoms with E-state index >= 15 is 0 Å². The molecule has 2 aromatic carbocycles. The fraction of sp³-hybridized carbons (Fsp3) is 0.300. The van der Waals surface area contributed by atoms with Crippen LogP contribution in [0.25, 0.3) is 0 Å². The van der Waals surface area contributed by atoms with Crippen LogP contribution in [0.3, 0.4) is 0 Å². The molecule has 0 fully saturated rings. The average Bonchev–Trinajstić information content (AvgIpc) is 2.58. The molecule has 0 saturated heterocycles. The molecule has 0 atom stereocenters. The first-order valence-electron chi connectivity index (χ1n) is 8.20. The van der Waals surface area contributed by atoms with Crippen LogP contribution in [0.2, 0.25) is 0 Å². The second-order valence-electron chi connectivity index (χ2n) is 6.10. The lowest BCUT2D eigenvalue weighted by atomic mass is 9.71. The van der Waals surface area contributed by atoms with Gasteiger partial charge in [0.25, 0.3) is 0 Å². The lowest BCUT2D eigenvalue weighted by Gasteiger charge is -2.36. The van der Waals surface area contributed by atoms with E-state index in [1.165, 1.54) is 11.1 Å². The van der Waals surface area contributed by atoms with Crippen molar-refractivity contribution in [2.24, 2.45) is 15.7 Å². The van der Waals surface area contributed by atoms with Crippen molar-refractivity contribution in [3.63, 3.8) is 0 Å². The van der Waals surface area contributed by atoms with E-state index in [-0.39, 0.29) is 5.41 Å². The highest BCUT2D eigenvalue weighted by Crippen LogP contribution is 2.38. The molecule has 1 aliphatic rings. The van der Waals surface area contributed by atoms with Gasteiger partial charge in [0.1, 0.15) is 5.84 Å². The molecule has 0 bridgehead atoms. The molecule has 0 radical (unpaired) electrons. The van der Waals surface area contributed by atoms with Crippen molar-refractivity contribution in [3.8, 4) is 0 Å². The summed E-state index contributed by atoms with van der Waals surface area (Å²) in [6.07, 6.45) is 1.88. The van der Waals surface area contributed by atoms with Gasteiger partial charge < -0.3 is 5.73 Å². The minimum atomic E-state index is -0.178. The third-order valence-corrected chi connectivity index (χ3v) is 4.88. The molecule has 23 heavy (non-hydrogen) atoms. The van der Waals surface area contributed by atoms with Crippen molar-refractivity contribution in [3.05, 3.63) is 65.2 Å². The molecule has 0 saturated carbocycles. The van der Waals surface area contributed by atoms with E-state index in [2.05, 4.69) is 56.1 Å². The third-order valence-electron chi connectivity index (χ3n) is 4.88. The van der Waals surface area contributed by atoms with Gasteiger partial charge in [-0.1, -0.05) is 55.8 Å². The first-order valence-corrected chi connectivity index (χ1v) is 8.20. The molecule has 2 N–H and O–H groups in total. The van der Waals surface area contributed by atoms with Crippen LogP contribution >= 0.6 is 0 Å². The zero-order chi connectivity index (χ0) is 16.4. The molecule has 3 rings (SSSR count). The van der Waals surface area contributed by atoms with Gasteiger partial charge in [-0.25, -0.2) is 9.98 Å². The number of hydrogen-bond acceptors (Lipinski definition) is 2. The number of rotatable bonds is 3. The van der Waals surface area contributed by atoms with Crippen LogP contribution in [0.1, 0.15) is 43.4 Å². The summed E-state index contributed by atoms with van der Waals surface area (Å²) in [5.74, 6) is 1.38. The van der Waals surface area contributed by atoms with E-state index in [1.807, 2.05) is 18.2 Å². The van der Waals surface area contributed by atoms with Gasteiger partial charge in [-0.2, -0.15) is 0 Å². The summed E-state index contributed by atoms with van der Waals surface area (Å²) < 4.78 is 0. The second kappa shape index (κ2) is 5.99. The van der Waals surface area contributed by atoms with E-state index in [0.29, 0.717) is 11.7 Å². The quantitative estimate of drug-likeness (QED) is 0.891. The predicted octanol–water partition coefficient (Wildman–Crippen LogP) is 4.50. The summed E-state index contributed by atoms with van der Waals surface area (Å²) in [6, 6.07) is 16.5. The van der Waals surface area contributed by atoms with Gasteiger partial charge in [-0.15, -0.1) is 0 Å². The standard InChI is InChI=1S/C20H23N3/c1-4-20(5-2)17-9-7-6-8-16(17)18(23-19(20)21)22-15-12-10-14(3)11-13-15/h6-13H,4-5H2,1-3H3,(H2,21,22,23). The average molecular weight is 305 g/mol. The molecular formula is C20H23N3. The Hall–Kier alpha value is -2.42. The number of aryl methyl sites for hydroxylation is 1. The molecule has 118 valence electrons. The van der Waals surface area contributed by atoms with Crippen molar-refractivity contribution in [2.75, 3.05) is 0 Å². The Morgan fingerprint density at radius 3 is 2.30 bits per heavy atom. The highest BCUT2D eigenvalue weighted by Gasteiger charge is 2.38. The molecule has 0 unspecified atom stereocenters. The number of nitrogens with zero attached hydrogens (tertiary/aromatic N) is 2. The topological polar surface area (TPSA) is 50.7 Å². The van der Waals surface area contributed by atoms with Crippen molar-refractivity contribution in [1.29, 1.82) is 0 Å². The molecule has 3 nitrogen and oxygen atoms in total. The van der Waals surface area contributed by atoms with Gasteiger partial charge in [0.05, 0.1) is 11.1 Å². The Labute approximate surface area is 138 Å². The Morgan fingerprint density at radius 2 is 1.65 bits per heavy atom. The zero-order valence-corrected chi connectivity index (χ0v) is 14.0. The molecule has 0 aliphatic carbocycles. The van der Waals surface area contributed by atoms with Crippen molar-refractivity contribution < 1.29 is 0 Å². The SMILES string of the molecule is CCC1(CC)C(N)=NC(=Nc2ccc(C)cc2)c2ccccc21.